The molecule has 0 radical (unpaired) electrons. The molecular formula is C12H16Cl2N2O2. The van der Waals surface area contributed by atoms with E-state index in [4.69, 9.17) is 33.7 Å². The lowest BCUT2D eigenvalue weighted by atomic mass is 10.0. The molecule has 0 saturated carbocycles. The molecule has 6 heteroatoms. The normalized spacial score (nSPS) is 15.9. The lowest BCUT2D eigenvalue weighted by Gasteiger charge is -2.21. The maximum absolute atomic E-state index is 11.4. The molecule has 3 unspecified atom stereocenters. The number of rotatable bonds is 4. The Balaban J connectivity index is 2.80. The zero-order valence-corrected chi connectivity index (χ0v) is 12.0. The second kappa shape index (κ2) is 6.36. The van der Waals surface area contributed by atoms with Crippen molar-refractivity contribution in [3.63, 3.8) is 0 Å². The first kappa shape index (κ1) is 15.2. The molecule has 100 valence electrons. The summed E-state index contributed by atoms with van der Waals surface area (Å²) in [7, 11) is 0. The van der Waals surface area contributed by atoms with Crippen LogP contribution in [0.2, 0.25) is 10.0 Å². The molecule has 3 atom stereocenters. The lowest BCUT2D eigenvalue weighted by molar-refractivity contribution is -0.150. The van der Waals surface area contributed by atoms with Gasteiger partial charge in [0.15, 0.2) is 0 Å². The summed E-state index contributed by atoms with van der Waals surface area (Å²) in [6.07, 6.45) is 1.15. The number of hydrogen-bond acceptors (Lipinski definition) is 4. The molecule has 18 heavy (non-hydrogen) atoms. The highest BCUT2D eigenvalue weighted by molar-refractivity contribution is 6.34. The van der Waals surface area contributed by atoms with E-state index < -0.39 is 12.0 Å². The monoisotopic (exact) mass is 290 g/mol. The van der Waals surface area contributed by atoms with Crippen molar-refractivity contribution < 1.29 is 9.53 Å². The molecule has 0 aliphatic heterocycles. The van der Waals surface area contributed by atoms with Crippen molar-refractivity contribution in [2.75, 3.05) is 0 Å². The molecule has 0 spiro atoms. The molecule has 0 aromatic carbocycles. The fraction of sp³-hybridized carbons (Fsp3) is 0.500. The van der Waals surface area contributed by atoms with Gasteiger partial charge in [0.25, 0.3) is 0 Å². The Morgan fingerprint density at radius 2 is 2.00 bits per heavy atom. The van der Waals surface area contributed by atoms with E-state index in [1.807, 2.05) is 6.92 Å². The average Bonchev–Trinajstić information content (AvgIpc) is 2.27. The molecule has 4 nitrogen and oxygen atoms in total. The first-order valence-corrected chi connectivity index (χ1v) is 6.35. The maximum atomic E-state index is 11.4. The van der Waals surface area contributed by atoms with Crippen LogP contribution in [0.3, 0.4) is 0 Å². The zero-order chi connectivity index (χ0) is 13.9. The first-order valence-electron chi connectivity index (χ1n) is 5.60. The maximum Gasteiger partial charge on any atom is 0.322 e. The van der Waals surface area contributed by atoms with Gasteiger partial charge in [0, 0.05) is 12.1 Å². The van der Waals surface area contributed by atoms with Crippen molar-refractivity contribution in [1.29, 1.82) is 0 Å². The zero-order valence-electron chi connectivity index (χ0n) is 10.5. The predicted molar refractivity (Wildman–Crippen MR) is 71.9 cm³/mol. The molecule has 0 aliphatic rings. The van der Waals surface area contributed by atoms with Gasteiger partial charge in [-0.2, -0.15) is 0 Å². The minimum absolute atomic E-state index is 0.141. The van der Waals surface area contributed by atoms with Crippen molar-refractivity contribution in [2.45, 2.75) is 38.8 Å². The van der Waals surface area contributed by atoms with Crippen LogP contribution in [-0.2, 0) is 9.53 Å². The third-order valence-corrected chi connectivity index (χ3v) is 3.15. The topological polar surface area (TPSA) is 65.2 Å². The summed E-state index contributed by atoms with van der Waals surface area (Å²) in [5.41, 5.74) is 6.08. The fourth-order valence-electron chi connectivity index (χ4n) is 1.38. The van der Waals surface area contributed by atoms with Crippen molar-refractivity contribution in [3.05, 3.63) is 28.0 Å². The summed E-state index contributed by atoms with van der Waals surface area (Å²) in [6.45, 7) is 5.23. The second-order valence-electron chi connectivity index (χ2n) is 4.24. The van der Waals surface area contributed by atoms with E-state index in [1.54, 1.807) is 19.9 Å². The highest BCUT2D eigenvalue weighted by Crippen LogP contribution is 2.28. The van der Waals surface area contributed by atoms with Crippen LogP contribution in [0.15, 0.2) is 12.3 Å². The van der Waals surface area contributed by atoms with E-state index in [-0.39, 0.29) is 12.0 Å². The summed E-state index contributed by atoms with van der Waals surface area (Å²) in [5, 5.41) is 0.926. The van der Waals surface area contributed by atoms with Crippen LogP contribution in [0.1, 0.15) is 32.4 Å². The largest absolute Gasteiger partial charge is 0.461 e. The highest BCUT2D eigenvalue weighted by atomic mass is 35.5. The molecule has 0 amide bonds. The van der Waals surface area contributed by atoms with Gasteiger partial charge in [0.1, 0.15) is 12.1 Å². The van der Waals surface area contributed by atoms with Gasteiger partial charge in [-0.05, 0) is 19.9 Å². The van der Waals surface area contributed by atoms with Gasteiger partial charge >= 0.3 is 5.97 Å². The van der Waals surface area contributed by atoms with Crippen LogP contribution in [0.4, 0.5) is 0 Å². The summed E-state index contributed by atoms with van der Waals surface area (Å²) in [6, 6.07) is 0.968. The van der Waals surface area contributed by atoms with E-state index in [0.717, 1.165) is 0 Å². The quantitative estimate of drug-likeness (QED) is 0.866. The molecular weight excluding hydrogens is 275 g/mol. The Hall–Kier alpha value is -0.840. The van der Waals surface area contributed by atoms with Gasteiger partial charge in [0.05, 0.1) is 15.7 Å². The Bertz CT molecular complexity index is 438. The lowest BCUT2D eigenvalue weighted by Crippen LogP contribution is -2.33. The number of ether oxygens (including phenoxy) is 1. The molecule has 0 bridgehead atoms. The van der Waals surface area contributed by atoms with Crippen molar-refractivity contribution in [1.82, 2.24) is 4.98 Å². The van der Waals surface area contributed by atoms with E-state index in [1.165, 1.54) is 6.20 Å². The molecule has 0 saturated heterocycles. The number of esters is 1. The van der Waals surface area contributed by atoms with Gasteiger partial charge in [-0.3, -0.25) is 9.78 Å². The van der Waals surface area contributed by atoms with Crippen LogP contribution in [-0.4, -0.2) is 23.1 Å². The van der Waals surface area contributed by atoms with Crippen LogP contribution >= 0.6 is 23.2 Å². The summed E-state index contributed by atoms with van der Waals surface area (Å²) >= 11 is 11.8. The number of pyridine rings is 1. The summed E-state index contributed by atoms with van der Waals surface area (Å²) < 4.78 is 5.22. The Labute approximate surface area is 116 Å². The smallest absolute Gasteiger partial charge is 0.322 e. The standard InChI is InChI=1S/C12H16Cl2N2O2/c1-6(8(3)18-12(17)7(2)15)11-10(14)4-9(13)5-16-11/h4-8H,15H2,1-3H3. The Kier molecular flexibility index (Phi) is 5.38. The number of halogens is 2. The third kappa shape index (κ3) is 3.83. The van der Waals surface area contributed by atoms with E-state index in [2.05, 4.69) is 4.98 Å². The van der Waals surface area contributed by atoms with Gasteiger partial charge in [-0.1, -0.05) is 30.1 Å². The van der Waals surface area contributed by atoms with Crippen LogP contribution < -0.4 is 5.73 Å². The molecule has 1 heterocycles. The van der Waals surface area contributed by atoms with E-state index in [9.17, 15) is 4.79 Å². The van der Waals surface area contributed by atoms with Gasteiger partial charge < -0.3 is 10.5 Å². The van der Waals surface area contributed by atoms with E-state index in [0.29, 0.717) is 15.7 Å². The molecule has 1 aromatic heterocycles. The molecule has 0 fully saturated rings. The van der Waals surface area contributed by atoms with Crippen molar-refractivity contribution in [3.8, 4) is 0 Å². The molecule has 1 aromatic rings. The Morgan fingerprint density at radius 3 is 2.50 bits per heavy atom. The third-order valence-electron chi connectivity index (χ3n) is 2.65. The summed E-state index contributed by atoms with van der Waals surface area (Å²) in [4.78, 5) is 15.6. The van der Waals surface area contributed by atoms with Crippen molar-refractivity contribution in [2.24, 2.45) is 5.73 Å². The molecule has 2 N–H and O–H groups in total. The van der Waals surface area contributed by atoms with Crippen molar-refractivity contribution >= 4 is 29.2 Å². The fourth-order valence-corrected chi connectivity index (χ4v) is 1.93. The molecule has 0 aliphatic carbocycles. The second-order valence-corrected chi connectivity index (χ2v) is 5.08. The SMILES string of the molecule is CC(N)C(=O)OC(C)C(C)c1ncc(Cl)cc1Cl. The highest BCUT2D eigenvalue weighted by Gasteiger charge is 2.23. The minimum Gasteiger partial charge on any atom is -0.461 e. The Morgan fingerprint density at radius 1 is 1.39 bits per heavy atom. The van der Waals surface area contributed by atoms with Crippen LogP contribution in [0, 0.1) is 0 Å². The van der Waals surface area contributed by atoms with Gasteiger partial charge in [-0.15, -0.1) is 0 Å². The number of hydrogen-bond donors (Lipinski definition) is 1. The first-order chi connectivity index (χ1) is 8.32. The number of nitrogens with zero attached hydrogens (tertiary/aromatic N) is 1. The predicted octanol–water partition coefficient (Wildman–Crippen LogP) is 2.77. The summed E-state index contributed by atoms with van der Waals surface area (Å²) in [5.74, 6) is -0.586. The molecule has 1 rings (SSSR count). The minimum atomic E-state index is -0.645. The average molecular weight is 291 g/mol. The number of carbonyl (C=O) groups is 1. The number of aromatic nitrogens is 1. The number of carbonyl (C=O) groups excluding carboxylic acids is 1. The van der Waals surface area contributed by atoms with Gasteiger partial charge in [-0.25, -0.2) is 0 Å². The number of nitrogens with two attached hydrogens (primary N) is 1. The van der Waals surface area contributed by atoms with Gasteiger partial charge in [0.2, 0.25) is 0 Å². The van der Waals surface area contributed by atoms with E-state index >= 15 is 0 Å². The van der Waals surface area contributed by atoms with Crippen LogP contribution in [0.5, 0.6) is 0 Å². The van der Waals surface area contributed by atoms with Crippen LogP contribution in [0.25, 0.3) is 0 Å².